The number of nitrogens with zero attached hydrogens (tertiary/aromatic N) is 1. The summed E-state index contributed by atoms with van der Waals surface area (Å²) >= 11 is 0. The maximum absolute atomic E-state index is 14.7. The number of pyridine rings is 1. The monoisotopic (exact) mass is 555 g/mol. The molecule has 0 amide bonds. The molecule has 1 fully saturated rings. The summed E-state index contributed by atoms with van der Waals surface area (Å²) < 4.78 is 32.4. The molecular weight excluding hydrogens is 501 g/mol. The fraction of sp³-hybridized carbons (Fsp3) is 0.686. The van der Waals surface area contributed by atoms with Gasteiger partial charge in [0.1, 0.15) is 0 Å². The summed E-state index contributed by atoms with van der Waals surface area (Å²) in [6.45, 7) is 6.52. The van der Waals surface area contributed by atoms with Crippen LogP contribution in [0.25, 0.3) is 11.3 Å². The lowest BCUT2D eigenvalue weighted by Gasteiger charge is -2.29. The van der Waals surface area contributed by atoms with Crippen LogP contribution in [0.15, 0.2) is 36.5 Å². The third-order valence-electron chi connectivity index (χ3n) is 7.97. The summed E-state index contributed by atoms with van der Waals surface area (Å²) in [5, 5.41) is 0. The highest BCUT2D eigenvalue weighted by atomic mass is 19.1. The Balaban J connectivity index is 1.32. The van der Waals surface area contributed by atoms with Crippen molar-refractivity contribution in [3.63, 3.8) is 0 Å². The highest BCUT2D eigenvalue weighted by Gasteiger charge is 2.23. The van der Waals surface area contributed by atoms with E-state index in [1.165, 1.54) is 102 Å². The van der Waals surface area contributed by atoms with Crippen LogP contribution in [0, 0.1) is 11.7 Å². The van der Waals surface area contributed by atoms with Crippen molar-refractivity contribution in [2.45, 2.75) is 129 Å². The fourth-order valence-corrected chi connectivity index (χ4v) is 5.38. The number of rotatable bonds is 21. The zero-order valence-corrected chi connectivity index (χ0v) is 25.3. The Morgan fingerprint density at radius 1 is 0.750 bits per heavy atom. The minimum absolute atomic E-state index is 0.314. The summed E-state index contributed by atoms with van der Waals surface area (Å²) in [6.07, 6.45) is 23.2. The first-order valence-corrected chi connectivity index (χ1v) is 16.3. The van der Waals surface area contributed by atoms with Crippen LogP contribution >= 0.6 is 0 Å². The summed E-state index contributed by atoms with van der Waals surface area (Å²) in [5.74, 6) is 0.445. The Morgan fingerprint density at radius 3 is 1.93 bits per heavy atom. The van der Waals surface area contributed by atoms with Gasteiger partial charge < -0.3 is 14.2 Å². The highest BCUT2D eigenvalue weighted by Crippen LogP contribution is 2.29. The average Bonchev–Trinajstić information content (AvgIpc) is 2.99. The van der Waals surface area contributed by atoms with Gasteiger partial charge in [0.2, 0.25) is 0 Å². The van der Waals surface area contributed by atoms with Crippen LogP contribution in [0.2, 0.25) is 0 Å². The minimum Gasteiger partial charge on any atom is -0.491 e. The van der Waals surface area contributed by atoms with Crippen molar-refractivity contribution in [3.8, 4) is 17.0 Å². The number of benzene rings is 1. The molecule has 1 aromatic carbocycles. The van der Waals surface area contributed by atoms with Crippen molar-refractivity contribution < 1.29 is 18.6 Å². The molecule has 3 rings (SSSR count). The van der Waals surface area contributed by atoms with Gasteiger partial charge in [-0.2, -0.15) is 0 Å². The van der Waals surface area contributed by atoms with Crippen molar-refractivity contribution in [2.75, 3.05) is 19.8 Å². The van der Waals surface area contributed by atoms with E-state index in [-0.39, 0.29) is 12.1 Å². The van der Waals surface area contributed by atoms with E-state index < -0.39 is 0 Å². The molecule has 0 bridgehead atoms. The lowest BCUT2D eigenvalue weighted by atomic mass is 10.0. The molecule has 1 aromatic heterocycles. The molecule has 0 unspecified atom stereocenters. The van der Waals surface area contributed by atoms with E-state index >= 15 is 0 Å². The van der Waals surface area contributed by atoms with E-state index in [2.05, 4.69) is 18.8 Å². The first-order valence-electron chi connectivity index (χ1n) is 16.3. The van der Waals surface area contributed by atoms with Gasteiger partial charge in [-0.15, -0.1) is 0 Å². The maximum Gasteiger partial charge on any atom is 0.185 e. The van der Waals surface area contributed by atoms with Crippen LogP contribution < -0.4 is 4.74 Å². The van der Waals surface area contributed by atoms with Crippen molar-refractivity contribution >= 4 is 0 Å². The number of unbranched alkanes of at least 4 members (excludes halogenated alkanes) is 14. The van der Waals surface area contributed by atoms with Gasteiger partial charge in [0, 0.05) is 23.2 Å². The standard InChI is InChI=1S/C35H54FNO3/c1-3-5-7-9-11-13-15-17-19-29-27-39-35(40-28-29)31-20-22-33(37-26-31)30-21-23-34(32(36)25-30)38-24-18-16-14-12-10-8-6-4-2/h20-23,25-26,29,35H,3-19,24,27-28H2,1-2H3. The number of ether oxygens (including phenoxy) is 3. The first-order chi connectivity index (χ1) is 19.7. The predicted molar refractivity (Wildman–Crippen MR) is 163 cm³/mol. The van der Waals surface area contributed by atoms with E-state index in [9.17, 15) is 4.39 Å². The summed E-state index contributed by atoms with van der Waals surface area (Å²) in [6, 6.07) is 8.97. The molecule has 1 saturated heterocycles. The van der Waals surface area contributed by atoms with Gasteiger partial charge in [0.25, 0.3) is 0 Å². The van der Waals surface area contributed by atoms with Crippen molar-refractivity contribution in [2.24, 2.45) is 5.92 Å². The molecule has 0 saturated carbocycles. The Hall–Kier alpha value is -1.98. The Bertz CT molecular complexity index is 911. The molecular formula is C35H54FNO3. The summed E-state index contributed by atoms with van der Waals surface area (Å²) in [5.41, 5.74) is 2.36. The molecule has 40 heavy (non-hydrogen) atoms. The van der Waals surface area contributed by atoms with Gasteiger partial charge in [-0.05, 0) is 37.1 Å². The smallest absolute Gasteiger partial charge is 0.185 e. The molecule has 2 heterocycles. The Kier molecular flexibility index (Phi) is 16.3. The zero-order valence-electron chi connectivity index (χ0n) is 25.3. The van der Waals surface area contributed by atoms with Gasteiger partial charge >= 0.3 is 0 Å². The predicted octanol–water partition coefficient (Wildman–Crippen LogP) is 10.6. The minimum atomic E-state index is -0.375. The van der Waals surface area contributed by atoms with Crippen molar-refractivity contribution in [1.29, 1.82) is 0 Å². The first kappa shape index (κ1) is 32.5. The lowest BCUT2D eigenvalue weighted by Crippen LogP contribution is -2.27. The largest absolute Gasteiger partial charge is 0.491 e. The van der Waals surface area contributed by atoms with Crippen LogP contribution in [0.4, 0.5) is 4.39 Å². The fourth-order valence-electron chi connectivity index (χ4n) is 5.38. The molecule has 0 aliphatic carbocycles. The molecule has 2 aromatic rings. The molecule has 5 heteroatoms. The Labute approximate surface area is 243 Å². The van der Waals surface area contributed by atoms with Crippen molar-refractivity contribution in [3.05, 3.63) is 47.9 Å². The van der Waals surface area contributed by atoms with Crippen molar-refractivity contribution in [1.82, 2.24) is 4.98 Å². The molecule has 0 atom stereocenters. The van der Waals surface area contributed by atoms with Gasteiger partial charge in [-0.25, -0.2) is 4.39 Å². The number of aromatic nitrogens is 1. The Morgan fingerprint density at radius 2 is 1.35 bits per heavy atom. The highest BCUT2D eigenvalue weighted by molar-refractivity contribution is 5.60. The topological polar surface area (TPSA) is 40.6 Å². The van der Waals surface area contributed by atoms with Crippen LogP contribution in [0.5, 0.6) is 5.75 Å². The van der Waals surface area contributed by atoms with Crippen LogP contribution in [-0.2, 0) is 9.47 Å². The normalized spacial score (nSPS) is 17.3. The second kappa shape index (κ2) is 20.0. The number of hydrogen-bond acceptors (Lipinski definition) is 4. The maximum atomic E-state index is 14.7. The van der Waals surface area contributed by atoms with E-state index in [1.807, 2.05) is 18.2 Å². The van der Waals surface area contributed by atoms with Gasteiger partial charge in [-0.3, -0.25) is 4.98 Å². The average molecular weight is 556 g/mol. The second-order valence-corrected chi connectivity index (χ2v) is 11.6. The van der Waals surface area contributed by atoms with E-state index in [0.717, 1.165) is 42.9 Å². The van der Waals surface area contributed by atoms with Gasteiger partial charge in [-0.1, -0.05) is 116 Å². The lowest BCUT2D eigenvalue weighted by molar-refractivity contribution is -0.206. The van der Waals surface area contributed by atoms with Crippen LogP contribution in [0.1, 0.15) is 135 Å². The molecule has 224 valence electrons. The third kappa shape index (κ3) is 12.3. The van der Waals surface area contributed by atoms with E-state index in [0.29, 0.717) is 18.3 Å². The van der Waals surface area contributed by atoms with Crippen LogP contribution in [0.3, 0.4) is 0 Å². The number of hydrogen-bond donors (Lipinski definition) is 0. The second-order valence-electron chi connectivity index (χ2n) is 11.6. The van der Waals surface area contributed by atoms with Crippen LogP contribution in [-0.4, -0.2) is 24.8 Å². The third-order valence-corrected chi connectivity index (χ3v) is 7.97. The molecule has 1 aliphatic heterocycles. The molecule has 4 nitrogen and oxygen atoms in total. The molecule has 0 N–H and O–H groups in total. The molecule has 0 radical (unpaired) electrons. The quantitative estimate of drug-likeness (QED) is 0.144. The summed E-state index contributed by atoms with van der Waals surface area (Å²) in [7, 11) is 0. The van der Waals surface area contributed by atoms with E-state index in [4.69, 9.17) is 14.2 Å². The van der Waals surface area contributed by atoms with Gasteiger partial charge in [0.05, 0.1) is 25.5 Å². The SMILES string of the molecule is CCCCCCCCCCOc1ccc(-c2ccc(C3OCC(CCCCCCCCCC)CO3)cn2)cc1F. The molecule has 1 aliphatic rings. The van der Waals surface area contributed by atoms with Gasteiger partial charge in [0.15, 0.2) is 17.9 Å². The van der Waals surface area contributed by atoms with E-state index in [1.54, 1.807) is 12.3 Å². The molecule has 0 spiro atoms. The zero-order chi connectivity index (χ0) is 28.3. The summed E-state index contributed by atoms with van der Waals surface area (Å²) in [4.78, 5) is 4.57. The number of halogens is 1.